The number of para-hydroxylation sites is 1. The molecule has 0 saturated heterocycles. The monoisotopic (exact) mass is 326 g/mol. The van der Waals surface area contributed by atoms with Crippen molar-refractivity contribution in [1.82, 2.24) is 9.78 Å². The van der Waals surface area contributed by atoms with Gasteiger partial charge in [-0.15, -0.1) is 0 Å². The Kier molecular flexibility index (Phi) is 4.43. The van der Waals surface area contributed by atoms with Crippen molar-refractivity contribution < 1.29 is 4.39 Å². The Balaban J connectivity index is 2.03. The highest BCUT2D eigenvalue weighted by molar-refractivity contribution is 8.13. The molecule has 0 unspecified atom stereocenters. The molecule has 23 heavy (non-hydrogen) atoms. The van der Waals surface area contributed by atoms with Crippen LogP contribution in [0.4, 0.5) is 4.39 Å². The van der Waals surface area contributed by atoms with E-state index in [1.54, 1.807) is 16.8 Å². The molecule has 1 aromatic heterocycles. The summed E-state index contributed by atoms with van der Waals surface area (Å²) in [6, 6.07) is 16.0. The molecule has 0 bridgehead atoms. The second-order valence-corrected chi connectivity index (χ2v) is 5.96. The Hall–Kier alpha value is -2.60. The molecule has 0 fully saturated rings. The molecule has 0 radical (unpaired) electrons. The van der Waals surface area contributed by atoms with E-state index in [0.29, 0.717) is 5.75 Å². The standard InChI is InChI=1S/C17H15FN4S/c18-14-8-6-12(7-9-14)16-13(11-23-17(19)20)10-22(21-16)15-4-2-1-3-5-15/h1-10H,11H2,(H3,19,20). The Bertz CT molecular complexity index is 812. The van der Waals surface area contributed by atoms with Crippen LogP contribution in [0.25, 0.3) is 16.9 Å². The number of nitrogens with two attached hydrogens (primary N) is 1. The van der Waals surface area contributed by atoms with Crippen LogP contribution < -0.4 is 5.73 Å². The van der Waals surface area contributed by atoms with Crippen molar-refractivity contribution in [3.8, 4) is 16.9 Å². The zero-order valence-electron chi connectivity index (χ0n) is 12.2. The molecule has 3 rings (SSSR count). The maximum absolute atomic E-state index is 13.2. The van der Waals surface area contributed by atoms with Crippen LogP contribution in [0.5, 0.6) is 0 Å². The molecule has 0 aliphatic carbocycles. The number of nitrogens with one attached hydrogen (secondary N) is 1. The van der Waals surface area contributed by atoms with E-state index in [9.17, 15) is 4.39 Å². The van der Waals surface area contributed by atoms with Crippen LogP contribution in [0.1, 0.15) is 5.56 Å². The number of rotatable bonds is 4. The van der Waals surface area contributed by atoms with Gasteiger partial charge in [0.2, 0.25) is 0 Å². The molecule has 3 aromatic rings. The second-order valence-electron chi connectivity index (χ2n) is 4.94. The molecular formula is C17H15FN4S. The number of hydrogen-bond donors (Lipinski definition) is 2. The molecule has 3 N–H and O–H groups in total. The first-order valence-corrected chi connectivity index (χ1v) is 7.99. The van der Waals surface area contributed by atoms with Gasteiger partial charge in [-0.25, -0.2) is 9.07 Å². The van der Waals surface area contributed by atoms with E-state index in [0.717, 1.165) is 22.5 Å². The topological polar surface area (TPSA) is 67.7 Å². The van der Waals surface area contributed by atoms with Gasteiger partial charge in [0.25, 0.3) is 0 Å². The number of thioether (sulfide) groups is 1. The molecule has 0 saturated carbocycles. The third kappa shape index (κ3) is 3.60. The van der Waals surface area contributed by atoms with Crippen LogP contribution in [0.15, 0.2) is 60.8 Å². The molecular weight excluding hydrogens is 311 g/mol. The molecule has 0 aliphatic rings. The van der Waals surface area contributed by atoms with Crippen molar-refractivity contribution in [1.29, 1.82) is 5.41 Å². The number of aromatic nitrogens is 2. The summed E-state index contributed by atoms with van der Waals surface area (Å²) in [5, 5.41) is 12.1. The van der Waals surface area contributed by atoms with Gasteiger partial charge in [-0.05, 0) is 36.4 Å². The molecule has 2 aromatic carbocycles. The number of amidine groups is 1. The quantitative estimate of drug-likeness (QED) is 0.566. The van der Waals surface area contributed by atoms with Crippen LogP contribution in [0, 0.1) is 11.2 Å². The van der Waals surface area contributed by atoms with Crippen molar-refractivity contribution in [2.75, 3.05) is 0 Å². The molecule has 0 spiro atoms. The summed E-state index contributed by atoms with van der Waals surface area (Å²) < 4.78 is 14.9. The van der Waals surface area contributed by atoms with E-state index in [1.165, 1.54) is 23.9 Å². The Morgan fingerprint density at radius 3 is 2.48 bits per heavy atom. The normalized spacial score (nSPS) is 10.7. The van der Waals surface area contributed by atoms with Gasteiger partial charge in [-0.2, -0.15) is 5.10 Å². The average molecular weight is 326 g/mol. The predicted octanol–water partition coefficient (Wildman–Crippen LogP) is 3.81. The lowest BCUT2D eigenvalue weighted by Gasteiger charge is -2.02. The van der Waals surface area contributed by atoms with Crippen molar-refractivity contribution in [3.05, 3.63) is 72.2 Å². The lowest BCUT2D eigenvalue weighted by Crippen LogP contribution is -2.03. The number of benzene rings is 2. The number of halogens is 1. The van der Waals surface area contributed by atoms with Crippen LogP contribution in [-0.4, -0.2) is 14.9 Å². The molecule has 0 aliphatic heterocycles. The molecule has 6 heteroatoms. The van der Waals surface area contributed by atoms with Gasteiger partial charge in [-0.1, -0.05) is 30.0 Å². The van der Waals surface area contributed by atoms with Crippen LogP contribution in [0.3, 0.4) is 0 Å². The smallest absolute Gasteiger partial charge is 0.151 e. The minimum atomic E-state index is -0.282. The van der Waals surface area contributed by atoms with E-state index < -0.39 is 0 Å². The third-order valence-electron chi connectivity index (χ3n) is 3.31. The fourth-order valence-corrected chi connectivity index (χ4v) is 2.76. The van der Waals surface area contributed by atoms with Crippen molar-refractivity contribution >= 4 is 16.9 Å². The van der Waals surface area contributed by atoms with Gasteiger partial charge in [-0.3, -0.25) is 5.41 Å². The summed E-state index contributed by atoms with van der Waals surface area (Å²) in [7, 11) is 0. The van der Waals surface area contributed by atoms with E-state index >= 15 is 0 Å². The van der Waals surface area contributed by atoms with Gasteiger partial charge in [0.05, 0.1) is 11.4 Å². The predicted molar refractivity (Wildman–Crippen MR) is 92.2 cm³/mol. The van der Waals surface area contributed by atoms with Crippen molar-refractivity contribution in [2.45, 2.75) is 5.75 Å². The summed E-state index contributed by atoms with van der Waals surface area (Å²) in [4.78, 5) is 0. The maximum atomic E-state index is 13.2. The van der Waals surface area contributed by atoms with E-state index in [2.05, 4.69) is 5.10 Å². The van der Waals surface area contributed by atoms with E-state index in [1.807, 2.05) is 36.5 Å². The maximum Gasteiger partial charge on any atom is 0.151 e. The molecule has 0 amide bonds. The number of hydrogen-bond acceptors (Lipinski definition) is 3. The third-order valence-corrected chi connectivity index (χ3v) is 4.08. The highest BCUT2D eigenvalue weighted by Gasteiger charge is 2.13. The molecule has 116 valence electrons. The van der Waals surface area contributed by atoms with Crippen LogP contribution in [-0.2, 0) is 5.75 Å². The minimum Gasteiger partial charge on any atom is -0.379 e. The first kappa shape index (κ1) is 15.3. The fraction of sp³-hybridized carbons (Fsp3) is 0.0588. The Morgan fingerprint density at radius 2 is 1.83 bits per heavy atom. The highest BCUT2D eigenvalue weighted by Crippen LogP contribution is 2.27. The number of nitrogens with zero attached hydrogens (tertiary/aromatic N) is 2. The first-order valence-electron chi connectivity index (χ1n) is 7.00. The molecule has 1 heterocycles. The van der Waals surface area contributed by atoms with Crippen LogP contribution in [0.2, 0.25) is 0 Å². The SMILES string of the molecule is N=C(N)SCc1cn(-c2ccccc2)nc1-c1ccc(F)cc1. The largest absolute Gasteiger partial charge is 0.379 e. The minimum absolute atomic E-state index is 0.0579. The zero-order chi connectivity index (χ0) is 16.2. The summed E-state index contributed by atoms with van der Waals surface area (Å²) in [6.07, 6.45) is 1.92. The summed E-state index contributed by atoms with van der Waals surface area (Å²) in [6.45, 7) is 0. The van der Waals surface area contributed by atoms with Gasteiger partial charge in [0.15, 0.2) is 5.17 Å². The lowest BCUT2D eigenvalue weighted by atomic mass is 10.1. The zero-order valence-corrected chi connectivity index (χ0v) is 13.1. The van der Waals surface area contributed by atoms with Gasteiger partial charge >= 0.3 is 0 Å². The second kappa shape index (κ2) is 6.66. The summed E-state index contributed by atoms with van der Waals surface area (Å²) in [5.74, 6) is 0.255. The van der Waals surface area contributed by atoms with Gasteiger partial charge in [0.1, 0.15) is 5.82 Å². The highest BCUT2D eigenvalue weighted by atomic mass is 32.2. The van der Waals surface area contributed by atoms with Gasteiger partial charge in [0, 0.05) is 23.1 Å². The molecule has 0 atom stereocenters. The fourth-order valence-electron chi connectivity index (χ4n) is 2.23. The Morgan fingerprint density at radius 1 is 1.13 bits per heavy atom. The summed E-state index contributed by atoms with van der Waals surface area (Å²) >= 11 is 1.24. The van der Waals surface area contributed by atoms with Gasteiger partial charge < -0.3 is 5.73 Å². The van der Waals surface area contributed by atoms with E-state index in [-0.39, 0.29) is 11.0 Å². The van der Waals surface area contributed by atoms with E-state index in [4.69, 9.17) is 11.1 Å². The molecule has 4 nitrogen and oxygen atoms in total. The Labute approximate surface area is 137 Å². The first-order chi connectivity index (χ1) is 11.1. The average Bonchev–Trinajstić information content (AvgIpc) is 2.99. The van der Waals surface area contributed by atoms with Crippen molar-refractivity contribution in [2.24, 2.45) is 5.73 Å². The summed E-state index contributed by atoms with van der Waals surface area (Å²) in [5.41, 5.74) is 8.92. The lowest BCUT2D eigenvalue weighted by molar-refractivity contribution is 0.628. The van der Waals surface area contributed by atoms with Crippen molar-refractivity contribution in [3.63, 3.8) is 0 Å². The van der Waals surface area contributed by atoms with Crippen LogP contribution >= 0.6 is 11.8 Å².